The fraction of sp³-hybridized carbons (Fsp3) is 0.412. The third-order valence-corrected chi connectivity index (χ3v) is 4.48. The van der Waals surface area contributed by atoms with E-state index in [9.17, 15) is 9.18 Å². The third-order valence-electron chi connectivity index (χ3n) is 3.68. The van der Waals surface area contributed by atoms with Crippen molar-refractivity contribution in [3.63, 3.8) is 0 Å². The highest BCUT2D eigenvalue weighted by atomic mass is 79.9. The van der Waals surface area contributed by atoms with Crippen molar-refractivity contribution in [1.82, 2.24) is 14.5 Å². The van der Waals surface area contributed by atoms with E-state index in [2.05, 4.69) is 20.9 Å². The van der Waals surface area contributed by atoms with E-state index in [1.54, 1.807) is 17.0 Å². The zero-order valence-corrected chi connectivity index (χ0v) is 15.4. The molecular weight excluding hydrogens is 377 g/mol. The lowest BCUT2D eigenvalue weighted by molar-refractivity contribution is 0.0194. The lowest BCUT2D eigenvalue weighted by Crippen LogP contribution is -2.41. The predicted molar refractivity (Wildman–Crippen MR) is 92.0 cm³/mol. The average Bonchev–Trinajstić information content (AvgIpc) is 2.83. The molecule has 0 atom stereocenters. The second-order valence-corrected chi connectivity index (χ2v) is 7.48. The molecule has 1 aromatic carbocycles. The van der Waals surface area contributed by atoms with E-state index >= 15 is 0 Å². The minimum absolute atomic E-state index is 0.282. The highest BCUT2D eigenvalue weighted by Gasteiger charge is 2.28. The van der Waals surface area contributed by atoms with Crippen LogP contribution in [0.5, 0.6) is 0 Å². The van der Waals surface area contributed by atoms with E-state index in [0.29, 0.717) is 19.6 Å². The van der Waals surface area contributed by atoms with Crippen molar-refractivity contribution in [1.29, 1.82) is 0 Å². The number of imidazole rings is 1. The minimum atomic E-state index is -0.524. The monoisotopic (exact) mass is 395 g/mol. The van der Waals surface area contributed by atoms with Gasteiger partial charge in [-0.2, -0.15) is 0 Å². The molecule has 3 rings (SSSR count). The van der Waals surface area contributed by atoms with E-state index in [-0.39, 0.29) is 11.9 Å². The van der Waals surface area contributed by atoms with Crippen molar-refractivity contribution in [3.8, 4) is 11.3 Å². The molecule has 1 aliphatic heterocycles. The van der Waals surface area contributed by atoms with Gasteiger partial charge in [-0.15, -0.1) is 0 Å². The van der Waals surface area contributed by atoms with Gasteiger partial charge in [0.15, 0.2) is 0 Å². The van der Waals surface area contributed by atoms with Gasteiger partial charge in [-0.1, -0.05) is 0 Å². The number of carbonyl (C=O) groups excluding carboxylic acids is 1. The summed E-state index contributed by atoms with van der Waals surface area (Å²) in [7, 11) is 0. The summed E-state index contributed by atoms with van der Waals surface area (Å²) < 4.78 is 21.4. The number of rotatable bonds is 1. The van der Waals surface area contributed by atoms with Gasteiger partial charge < -0.3 is 9.30 Å². The Morgan fingerprint density at radius 1 is 1.25 bits per heavy atom. The number of fused-ring (bicyclic) bond motifs is 1. The standard InChI is InChI=1S/C17H19BrFN3O2/c1-17(2,3)24-16(23)21-8-9-22-13(10-21)20-14(15(22)18)11-4-6-12(19)7-5-11/h4-7H,8-10H2,1-3H3. The summed E-state index contributed by atoms with van der Waals surface area (Å²) in [6.07, 6.45) is -0.337. The topological polar surface area (TPSA) is 47.4 Å². The minimum Gasteiger partial charge on any atom is -0.444 e. The Hall–Kier alpha value is -1.89. The summed E-state index contributed by atoms with van der Waals surface area (Å²) in [5, 5.41) is 0. The maximum atomic E-state index is 13.1. The average molecular weight is 396 g/mol. The van der Waals surface area contributed by atoms with Gasteiger partial charge in [0.25, 0.3) is 0 Å². The zero-order valence-electron chi connectivity index (χ0n) is 13.8. The Kier molecular flexibility index (Phi) is 4.38. The first kappa shape index (κ1) is 17.0. The maximum absolute atomic E-state index is 13.1. The third kappa shape index (κ3) is 3.45. The molecule has 0 unspecified atom stereocenters. The number of halogens is 2. The molecule has 0 fully saturated rings. The van der Waals surface area contributed by atoms with Crippen molar-refractivity contribution in [2.24, 2.45) is 0 Å². The lowest BCUT2D eigenvalue weighted by Gasteiger charge is -2.30. The normalized spacial score (nSPS) is 14.5. The molecule has 1 aromatic heterocycles. The molecule has 24 heavy (non-hydrogen) atoms. The number of amides is 1. The number of aromatic nitrogens is 2. The Bertz CT molecular complexity index is 765. The van der Waals surface area contributed by atoms with Gasteiger partial charge in [-0.05, 0) is 61.0 Å². The molecule has 2 aromatic rings. The van der Waals surface area contributed by atoms with Gasteiger partial charge in [0.1, 0.15) is 27.5 Å². The number of hydrogen-bond donors (Lipinski definition) is 0. The van der Waals surface area contributed by atoms with Crippen LogP contribution in [0.1, 0.15) is 26.6 Å². The molecule has 1 amide bonds. The van der Waals surface area contributed by atoms with Gasteiger partial charge in [0.2, 0.25) is 0 Å². The highest BCUT2D eigenvalue weighted by Crippen LogP contribution is 2.31. The molecular formula is C17H19BrFN3O2. The number of nitrogens with zero attached hydrogens (tertiary/aromatic N) is 3. The van der Waals surface area contributed by atoms with Gasteiger partial charge in [-0.25, -0.2) is 14.2 Å². The van der Waals surface area contributed by atoms with Gasteiger partial charge in [0.05, 0.1) is 6.54 Å². The summed E-state index contributed by atoms with van der Waals surface area (Å²) in [4.78, 5) is 18.5. The van der Waals surface area contributed by atoms with Crippen LogP contribution in [0.15, 0.2) is 28.9 Å². The molecule has 7 heteroatoms. The molecule has 5 nitrogen and oxygen atoms in total. The van der Waals surface area contributed by atoms with Gasteiger partial charge in [-0.3, -0.25) is 4.90 Å². The SMILES string of the molecule is CC(C)(C)OC(=O)N1CCn2c(nc(-c3ccc(F)cc3)c2Br)C1. The van der Waals surface area contributed by atoms with E-state index in [4.69, 9.17) is 4.74 Å². The van der Waals surface area contributed by atoms with Crippen LogP contribution < -0.4 is 0 Å². The lowest BCUT2D eigenvalue weighted by atomic mass is 10.2. The first-order chi connectivity index (χ1) is 11.2. The molecule has 0 radical (unpaired) electrons. The molecule has 0 spiro atoms. The molecule has 2 heterocycles. The second-order valence-electron chi connectivity index (χ2n) is 6.73. The first-order valence-electron chi connectivity index (χ1n) is 7.73. The Morgan fingerprint density at radius 3 is 2.54 bits per heavy atom. The Labute approximate surface area is 148 Å². The van der Waals surface area contributed by atoms with Crippen molar-refractivity contribution in [3.05, 3.63) is 40.5 Å². The van der Waals surface area contributed by atoms with Crippen LogP contribution in [-0.2, 0) is 17.8 Å². The van der Waals surface area contributed by atoms with E-state index < -0.39 is 5.60 Å². The van der Waals surface area contributed by atoms with Crippen molar-refractivity contribution >= 4 is 22.0 Å². The van der Waals surface area contributed by atoms with E-state index in [1.165, 1.54) is 12.1 Å². The van der Waals surface area contributed by atoms with Crippen molar-refractivity contribution in [2.75, 3.05) is 6.54 Å². The number of ether oxygens (including phenoxy) is 1. The van der Waals surface area contributed by atoms with Crippen LogP contribution >= 0.6 is 15.9 Å². The largest absolute Gasteiger partial charge is 0.444 e. The molecule has 0 saturated heterocycles. The summed E-state index contributed by atoms with van der Waals surface area (Å²) in [5.41, 5.74) is 1.05. The summed E-state index contributed by atoms with van der Waals surface area (Å²) in [6, 6.07) is 6.21. The van der Waals surface area contributed by atoms with Crippen LogP contribution in [-0.4, -0.2) is 32.7 Å². The number of benzene rings is 1. The summed E-state index contributed by atoms with van der Waals surface area (Å²) in [5.74, 6) is 0.494. The molecule has 128 valence electrons. The van der Waals surface area contributed by atoms with Crippen LogP contribution in [0.4, 0.5) is 9.18 Å². The second kappa shape index (κ2) is 6.20. The quantitative estimate of drug-likeness (QED) is 0.726. The first-order valence-corrected chi connectivity index (χ1v) is 8.52. The van der Waals surface area contributed by atoms with Crippen molar-refractivity contribution in [2.45, 2.75) is 39.5 Å². The maximum Gasteiger partial charge on any atom is 0.410 e. The van der Waals surface area contributed by atoms with Crippen LogP contribution in [0.25, 0.3) is 11.3 Å². The van der Waals surface area contributed by atoms with Crippen LogP contribution in [0.3, 0.4) is 0 Å². The zero-order chi connectivity index (χ0) is 17.5. The summed E-state index contributed by atoms with van der Waals surface area (Å²) >= 11 is 3.57. The summed E-state index contributed by atoms with van der Waals surface area (Å²) in [6.45, 7) is 7.11. The van der Waals surface area contributed by atoms with Crippen LogP contribution in [0, 0.1) is 5.82 Å². The Balaban J connectivity index is 1.84. The molecule has 0 saturated carbocycles. The number of carbonyl (C=O) groups is 1. The highest BCUT2D eigenvalue weighted by molar-refractivity contribution is 9.10. The van der Waals surface area contributed by atoms with Crippen molar-refractivity contribution < 1.29 is 13.9 Å². The number of hydrogen-bond acceptors (Lipinski definition) is 3. The predicted octanol–water partition coefficient (Wildman–Crippen LogP) is 4.20. The van der Waals surface area contributed by atoms with Crippen LogP contribution in [0.2, 0.25) is 0 Å². The van der Waals surface area contributed by atoms with E-state index in [1.807, 2.05) is 25.3 Å². The fourth-order valence-electron chi connectivity index (χ4n) is 2.57. The molecule has 0 aliphatic carbocycles. The van der Waals surface area contributed by atoms with E-state index in [0.717, 1.165) is 21.7 Å². The molecule has 0 N–H and O–H groups in total. The fourth-order valence-corrected chi connectivity index (χ4v) is 3.27. The molecule has 1 aliphatic rings. The van der Waals surface area contributed by atoms with Gasteiger partial charge in [0, 0.05) is 18.7 Å². The smallest absolute Gasteiger partial charge is 0.410 e. The van der Waals surface area contributed by atoms with Gasteiger partial charge >= 0.3 is 6.09 Å². The molecule has 0 bridgehead atoms. The Morgan fingerprint density at radius 2 is 1.92 bits per heavy atom.